The standard InChI is InChI=1S/C19H15FN4O3/c1-10-7-11(3-5-13(10)20)16-9-15(23-24(16)2)18(25)21-12-4-6-14-17(8-12)27-19(26)22-14/h3-9H,1-2H3,(H,21,25)(H,22,26). The number of amides is 1. The largest absolute Gasteiger partial charge is 0.417 e. The van der Waals surface area contributed by atoms with Crippen LogP contribution in [-0.2, 0) is 7.05 Å². The zero-order valence-corrected chi connectivity index (χ0v) is 14.5. The molecule has 27 heavy (non-hydrogen) atoms. The minimum Gasteiger partial charge on any atom is -0.408 e. The minimum absolute atomic E-state index is 0.213. The van der Waals surface area contributed by atoms with E-state index in [1.54, 1.807) is 55.1 Å². The third kappa shape index (κ3) is 3.12. The van der Waals surface area contributed by atoms with Gasteiger partial charge in [0.25, 0.3) is 5.91 Å². The van der Waals surface area contributed by atoms with Crippen LogP contribution in [0.1, 0.15) is 16.1 Å². The molecule has 0 saturated carbocycles. The lowest BCUT2D eigenvalue weighted by Crippen LogP contribution is -2.12. The molecule has 136 valence electrons. The maximum atomic E-state index is 13.5. The highest BCUT2D eigenvalue weighted by Gasteiger charge is 2.15. The molecule has 0 bridgehead atoms. The van der Waals surface area contributed by atoms with Crippen LogP contribution in [-0.4, -0.2) is 20.7 Å². The van der Waals surface area contributed by atoms with Crippen LogP contribution >= 0.6 is 0 Å². The van der Waals surface area contributed by atoms with Gasteiger partial charge in [0.1, 0.15) is 5.82 Å². The van der Waals surface area contributed by atoms with Crippen LogP contribution in [0, 0.1) is 12.7 Å². The zero-order valence-electron chi connectivity index (χ0n) is 14.5. The molecule has 2 aromatic carbocycles. The summed E-state index contributed by atoms with van der Waals surface area (Å²) in [6, 6.07) is 11.2. The number of hydrogen-bond donors (Lipinski definition) is 2. The summed E-state index contributed by atoms with van der Waals surface area (Å²) in [6.45, 7) is 1.68. The van der Waals surface area contributed by atoms with Gasteiger partial charge in [-0.15, -0.1) is 0 Å². The lowest BCUT2D eigenvalue weighted by atomic mass is 10.1. The number of benzene rings is 2. The molecular weight excluding hydrogens is 351 g/mol. The lowest BCUT2D eigenvalue weighted by molar-refractivity contribution is 0.102. The summed E-state index contributed by atoms with van der Waals surface area (Å²) in [6.07, 6.45) is 0. The van der Waals surface area contributed by atoms with E-state index in [1.165, 1.54) is 6.07 Å². The molecule has 8 heteroatoms. The van der Waals surface area contributed by atoms with E-state index in [0.717, 1.165) is 5.56 Å². The van der Waals surface area contributed by atoms with Gasteiger partial charge < -0.3 is 9.73 Å². The van der Waals surface area contributed by atoms with Crippen LogP contribution in [0.25, 0.3) is 22.4 Å². The van der Waals surface area contributed by atoms with Gasteiger partial charge in [0.15, 0.2) is 11.3 Å². The summed E-state index contributed by atoms with van der Waals surface area (Å²) < 4.78 is 20.0. The average Bonchev–Trinajstić information content (AvgIpc) is 3.19. The van der Waals surface area contributed by atoms with Gasteiger partial charge in [-0.3, -0.25) is 14.5 Å². The van der Waals surface area contributed by atoms with E-state index in [9.17, 15) is 14.0 Å². The summed E-state index contributed by atoms with van der Waals surface area (Å²) >= 11 is 0. The number of aromatic nitrogens is 3. The average molecular weight is 366 g/mol. The van der Waals surface area contributed by atoms with Gasteiger partial charge in [-0.25, -0.2) is 9.18 Å². The maximum absolute atomic E-state index is 13.5. The molecule has 1 amide bonds. The number of aryl methyl sites for hydroxylation is 2. The van der Waals surface area contributed by atoms with E-state index < -0.39 is 11.7 Å². The summed E-state index contributed by atoms with van der Waals surface area (Å²) in [5.41, 5.74) is 3.55. The molecule has 0 aliphatic heterocycles. The molecule has 0 aliphatic carbocycles. The first-order valence-electron chi connectivity index (χ1n) is 8.15. The quantitative estimate of drug-likeness (QED) is 0.582. The second-order valence-electron chi connectivity index (χ2n) is 6.18. The summed E-state index contributed by atoms with van der Waals surface area (Å²) in [7, 11) is 1.71. The van der Waals surface area contributed by atoms with Gasteiger partial charge in [-0.05, 0) is 48.9 Å². The molecule has 2 N–H and O–H groups in total. The molecule has 4 aromatic rings. The van der Waals surface area contributed by atoms with Crippen LogP contribution in [0.15, 0.2) is 51.7 Å². The normalized spacial score (nSPS) is 11.1. The minimum atomic E-state index is -0.558. The number of anilines is 1. The number of rotatable bonds is 3. The van der Waals surface area contributed by atoms with E-state index in [0.29, 0.717) is 28.0 Å². The van der Waals surface area contributed by atoms with E-state index >= 15 is 0 Å². The monoisotopic (exact) mass is 366 g/mol. The number of nitrogens with zero attached hydrogens (tertiary/aromatic N) is 2. The molecule has 0 aliphatic rings. The van der Waals surface area contributed by atoms with Crippen LogP contribution in [0.4, 0.5) is 10.1 Å². The maximum Gasteiger partial charge on any atom is 0.417 e. The first-order chi connectivity index (χ1) is 12.9. The van der Waals surface area contributed by atoms with E-state index in [2.05, 4.69) is 15.4 Å². The fourth-order valence-electron chi connectivity index (χ4n) is 2.87. The molecule has 2 aromatic heterocycles. The predicted octanol–water partition coefficient (Wildman–Crippen LogP) is 3.22. The second kappa shape index (κ2) is 6.24. The predicted molar refractivity (Wildman–Crippen MR) is 98.1 cm³/mol. The Hall–Kier alpha value is -3.68. The Morgan fingerprint density at radius 3 is 2.81 bits per heavy atom. The molecule has 0 atom stereocenters. The Morgan fingerprint density at radius 2 is 2.04 bits per heavy atom. The number of H-pyrrole nitrogens is 1. The van der Waals surface area contributed by atoms with Crippen LogP contribution in [0.3, 0.4) is 0 Å². The van der Waals surface area contributed by atoms with Gasteiger partial charge in [0, 0.05) is 24.4 Å². The van der Waals surface area contributed by atoms with Crippen molar-refractivity contribution in [3.05, 3.63) is 70.1 Å². The number of carbonyl (C=O) groups excluding carboxylic acids is 1. The number of halogens is 1. The molecule has 4 rings (SSSR count). The first kappa shape index (κ1) is 16.8. The fourth-order valence-corrected chi connectivity index (χ4v) is 2.87. The van der Waals surface area contributed by atoms with Crippen LogP contribution in [0.2, 0.25) is 0 Å². The van der Waals surface area contributed by atoms with Gasteiger partial charge >= 0.3 is 5.76 Å². The van der Waals surface area contributed by atoms with Gasteiger partial charge in [0.05, 0.1) is 11.2 Å². The van der Waals surface area contributed by atoms with Crippen molar-refractivity contribution in [2.24, 2.45) is 7.05 Å². The molecule has 0 spiro atoms. The zero-order chi connectivity index (χ0) is 19.1. The molecule has 2 heterocycles. The highest BCUT2D eigenvalue weighted by Crippen LogP contribution is 2.23. The Kier molecular flexibility index (Phi) is 3.88. The number of fused-ring (bicyclic) bond motifs is 1. The van der Waals surface area contributed by atoms with Gasteiger partial charge in [-0.2, -0.15) is 5.10 Å². The Balaban J connectivity index is 1.61. The Morgan fingerprint density at radius 1 is 1.22 bits per heavy atom. The van der Waals surface area contributed by atoms with Crippen molar-refractivity contribution in [2.75, 3.05) is 5.32 Å². The Labute approximate surface area is 152 Å². The van der Waals surface area contributed by atoms with Crippen LogP contribution < -0.4 is 11.1 Å². The van der Waals surface area contributed by atoms with Crippen molar-refractivity contribution in [3.63, 3.8) is 0 Å². The van der Waals surface area contributed by atoms with Crippen LogP contribution in [0.5, 0.6) is 0 Å². The third-order valence-corrected chi connectivity index (χ3v) is 4.25. The van der Waals surface area contributed by atoms with E-state index in [1.807, 2.05) is 0 Å². The molecule has 0 radical (unpaired) electrons. The second-order valence-corrected chi connectivity index (χ2v) is 6.18. The van der Waals surface area contributed by atoms with E-state index in [4.69, 9.17) is 4.42 Å². The highest BCUT2D eigenvalue weighted by molar-refractivity contribution is 6.04. The third-order valence-electron chi connectivity index (χ3n) is 4.25. The molecule has 0 saturated heterocycles. The highest BCUT2D eigenvalue weighted by atomic mass is 19.1. The molecule has 7 nitrogen and oxygen atoms in total. The molecule has 0 fully saturated rings. The Bertz CT molecular complexity index is 1240. The topological polar surface area (TPSA) is 92.9 Å². The number of nitrogens with one attached hydrogen (secondary N) is 2. The first-order valence-corrected chi connectivity index (χ1v) is 8.15. The van der Waals surface area contributed by atoms with Crippen molar-refractivity contribution in [1.82, 2.24) is 14.8 Å². The summed E-state index contributed by atoms with van der Waals surface area (Å²) in [5.74, 6) is -1.25. The number of aromatic amines is 1. The van der Waals surface area contributed by atoms with Crippen molar-refractivity contribution < 1.29 is 13.6 Å². The van der Waals surface area contributed by atoms with Crippen molar-refractivity contribution >= 4 is 22.7 Å². The van der Waals surface area contributed by atoms with E-state index in [-0.39, 0.29) is 11.5 Å². The number of oxazole rings is 1. The smallest absolute Gasteiger partial charge is 0.408 e. The van der Waals surface area contributed by atoms with Crippen molar-refractivity contribution in [1.29, 1.82) is 0 Å². The van der Waals surface area contributed by atoms with Gasteiger partial charge in [0.2, 0.25) is 0 Å². The number of hydrogen-bond acceptors (Lipinski definition) is 4. The number of carbonyl (C=O) groups is 1. The lowest BCUT2D eigenvalue weighted by Gasteiger charge is -2.03. The SMILES string of the molecule is Cc1cc(-c2cc(C(=O)Nc3ccc4[nH]c(=O)oc4c3)nn2C)ccc1F. The fraction of sp³-hybridized carbons (Fsp3) is 0.105. The summed E-state index contributed by atoms with van der Waals surface area (Å²) in [5, 5.41) is 6.95. The van der Waals surface area contributed by atoms with Gasteiger partial charge in [-0.1, -0.05) is 0 Å². The van der Waals surface area contributed by atoms with Crippen molar-refractivity contribution in [3.8, 4) is 11.3 Å². The summed E-state index contributed by atoms with van der Waals surface area (Å²) in [4.78, 5) is 26.3. The van der Waals surface area contributed by atoms with Crippen molar-refractivity contribution in [2.45, 2.75) is 6.92 Å². The molecular formula is C19H15FN4O3. The molecule has 0 unspecified atom stereocenters.